The fourth-order valence-corrected chi connectivity index (χ4v) is 4.78. The van der Waals surface area contributed by atoms with Gasteiger partial charge in [-0.15, -0.1) is 0 Å². The van der Waals surface area contributed by atoms with Gasteiger partial charge in [-0.1, -0.05) is 32.5 Å². The van der Waals surface area contributed by atoms with Crippen LogP contribution in [0.5, 0.6) is 0 Å². The van der Waals surface area contributed by atoms with Crippen LogP contribution in [0.25, 0.3) is 28.1 Å². The van der Waals surface area contributed by atoms with E-state index < -0.39 is 8.07 Å². The van der Waals surface area contributed by atoms with E-state index in [1.807, 2.05) is 16.8 Å². The van der Waals surface area contributed by atoms with Crippen molar-refractivity contribution in [2.75, 3.05) is 6.61 Å². The average Bonchev–Trinajstić information content (AvgIpc) is 3.50. The lowest BCUT2D eigenvalue weighted by Crippen LogP contribution is -2.22. The van der Waals surface area contributed by atoms with E-state index in [-0.39, 0.29) is 0 Å². The van der Waals surface area contributed by atoms with Crippen LogP contribution in [0.15, 0.2) is 35.3 Å². The third-order valence-corrected chi connectivity index (χ3v) is 7.49. The van der Waals surface area contributed by atoms with E-state index in [0.29, 0.717) is 30.0 Å². The van der Waals surface area contributed by atoms with Gasteiger partial charge >= 0.3 is 0 Å². The summed E-state index contributed by atoms with van der Waals surface area (Å²) in [4.78, 5) is 13.4. The van der Waals surface area contributed by atoms with Crippen LogP contribution >= 0.6 is 0 Å². The number of rotatable bonds is 8. The highest BCUT2D eigenvalue weighted by molar-refractivity contribution is 6.76. The van der Waals surface area contributed by atoms with Crippen LogP contribution in [0, 0.1) is 17.2 Å². The Labute approximate surface area is 183 Å². The van der Waals surface area contributed by atoms with Crippen LogP contribution in [-0.4, -0.2) is 34.2 Å². The highest BCUT2D eigenvalue weighted by Crippen LogP contribution is 2.37. The Balaban J connectivity index is 1.56. The number of nitriles is 1. The summed E-state index contributed by atoms with van der Waals surface area (Å²) in [6.07, 6.45) is 11.3. The monoisotopic (exact) mass is 435 g/mol. The Hall–Kier alpha value is -2.76. The van der Waals surface area contributed by atoms with Crippen molar-refractivity contribution in [2.45, 2.75) is 58.1 Å². The molecule has 7 nitrogen and oxygen atoms in total. The molecule has 3 aromatic heterocycles. The Morgan fingerprint density at radius 2 is 2.10 bits per heavy atom. The van der Waals surface area contributed by atoms with Gasteiger partial charge in [0.15, 0.2) is 5.76 Å². The fourth-order valence-electron chi connectivity index (χ4n) is 4.02. The molecule has 1 aliphatic carbocycles. The number of nitrogens with zero attached hydrogens (tertiary/aromatic N) is 5. The Morgan fingerprint density at radius 3 is 2.84 bits per heavy atom. The molecule has 0 atom stereocenters. The van der Waals surface area contributed by atoms with Crippen LogP contribution in [0.1, 0.15) is 31.6 Å². The van der Waals surface area contributed by atoms with Crippen LogP contribution in [0.4, 0.5) is 0 Å². The SMILES string of the molecule is C[Si](C)(C)CCOCn1ccc2c(-c3cnc(C(=CC#N)C4CCCC4)o3)ncnc21. The van der Waals surface area contributed by atoms with E-state index in [4.69, 9.17) is 9.15 Å². The van der Waals surface area contributed by atoms with Gasteiger partial charge in [0.2, 0.25) is 5.89 Å². The second-order valence-electron chi connectivity index (χ2n) is 9.33. The molecular weight excluding hydrogens is 406 g/mol. The Morgan fingerprint density at radius 1 is 1.29 bits per heavy atom. The molecule has 1 fully saturated rings. The predicted molar refractivity (Wildman–Crippen MR) is 123 cm³/mol. The number of hydrogen-bond acceptors (Lipinski definition) is 6. The van der Waals surface area contributed by atoms with E-state index in [9.17, 15) is 5.26 Å². The van der Waals surface area contributed by atoms with Crippen molar-refractivity contribution in [3.05, 3.63) is 36.8 Å². The summed E-state index contributed by atoms with van der Waals surface area (Å²) in [7, 11) is -1.11. The van der Waals surface area contributed by atoms with Gasteiger partial charge in [-0.25, -0.2) is 15.0 Å². The molecule has 1 aliphatic rings. The molecule has 0 aliphatic heterocycles. The van der Waals surface area contributed by atoms with Crippen LogP contribution in [-0.2, 0) is 11.5 Å². The minimum Gasteiger partial charge on any atom is -0.435 e. The summed E-state index contributed by atoms with van der Waals surface area (Å²) in [6.45, 7) is 8.25. The average molecular weight is 436 g/mol. The first-order valence-electron chi connectivity index (χ1n) is 10.9. The normalized spacial score (nSPS) is 15.6. The minimum absolute atomic E-state index is 0.339. The van der Waals surface area contributed by atoms with Gasteiger partial charge in [0.05, 0.1) is 12.3 Å². The first kappa shape index (κ1) is 21.5. The first-order chi connectivity index (χ1) is 15.0. The Kier molecular flexibility index (Phi) is 6.34. The third-order valence-electron chi connectivity index (χ3n) is 5.78. The summed E-state index contributed by atoms with van der Waals surface area (Å²) < 4.78 is 14.0. The van der Waals surface area contributed by atoms with E-state index in [1.54, 1.807) is 18.6 Å². The van der Waals surface area contributed by atoms with Crippen molar-refractivity contribution < 1.29 is 9.15 Å². The van der Waals surface area contributed by atoms with Gasteiger partial charge in [0.1, 0.15) is 24.4 Å². The van der Waals surface area contributed by atoms with Gasteiger partial charge < -0.3 is 13.7 Å². The maximum absolute atomic E-state index is 9.23. The summed E-state index contributed by atoms with van der Waals surface area (Å²) in [5, 5.41) is 10.1. The smallest absolute Gasteiger partial charge is 0.223 e. The van der Waals surface area contributed by atoms with Gasteiger partial charge in [-0.3, -0.25) is 0 Å². The quantitative estimate of drug-likeness (QED) is 0.264. The molecule has 0 aromatic carbocycles. The predicted octanol–water partition coefficient (Wildman–Crippen LogP) is 5.50. The number of oxazole rings is 1. The molecule has 1 saturated carbocycles. The van der Waals surface area contributed by atoms with Crippen molar-refractivity contribution in [3.8, 4) is 17.5 Å². The number of fused-ring (bicyclic) bond motifs is 1. The highest BCUT2D eigenvalue weighted by atomic mass is 28.3. The van der Waals surface area contributed by atoms with E-state index in [2.05, 4.69) is 40.7 Å². The summed E-state index contributed by atoms with van der Waals surface area (Å²) in [5.41, 5.74) is 2.40. The first-order valence-corrected chi connectivity index (χ1v) is 14.6. The molecule has 0 radical (unpaired) electrons. The number of allylic oxidation sites excluding steroid dienone is 2. The van der Waals surface area contributed by atoms with Crippen molar-refractivity contribution in [3.63, 3.8) is 0 Å². The molecule has 162 valence electrons. The fraction of sp³-hybridized carbons (Fsp3) is 0.478. The maximum atomic E-state index is 9.23. The molecule has 3 heterocycles. The zero-order valence-corrected chi connectivity index (χ0v) is 19.5. The van der Waals surface area contributed by atoms with Crippen molar-refractivity contribution >= 4 is 24.7 Å². The van der Waals surface area contributed by atoms with Crippen molar-refractivity contribution in [1.29, 1.82) is 5.26 Å². The molecule has 0 amide bonds. The van der Waals surface area contributed by atoms with Crippen molar-refractivity contribution in [1.82, 2.24) is 19.5 Å². The summed E-state index contributed by atoms with van der Waals surface area (Å²) in [5.74, 6) is 1.44. The standard InChI is InChI=1S/C23H29N5O2Si/c1-31(2,3)13-12-29-16-28-11-9-19-21(26-15-27-22(19)28)20-14-25-23(30-20)18(8-10-24)17-6-4-5-7-17/h8-9,11,14-15,17H,4-7,12-13,16H2,1-3H3. The second kappa shape index (κ2) is 9.16. The summed E-state index contributed by atoms with van der Waals surface area (Å²) in [6, 6.07) is 5.27. The van der Waals surface area contributed by atoms with E-state index >= 15 is 0 Å². The van der Waals surface area contributed by atoms with E-state index in [0.717, 1.165) is 42.1 Å². The topological polar surface area (TPSA) is 89.8 Å². The Bertz CT molecular complexity index is 1110. The van der Waals surface area contributed by atoms with Gasteiger partial charge in [-0.05, 0) is 30.9 Å². The van der Waals surface area contributed by atoms with Gasteiger partial charge in [0, 0.05) is 37.9 Å². The zero-order valence-electron chi connectivity index (χ0n) is 18.5. The molecule has 31 heavy (non-hydrogen) atoms. The second-order valence-corrected chi connectivity index (χ2v) is 15.0. The molecule has 0 N–H and O–H groups in total. The largest absolute Gasteiger partial charge is 0.435 e. The maximum Gasteiger partial charge on any atom is 0.223 e. The molecule has 0 bridgehead atoms. The molecule has 3 aromatic rings. The molecule has 0 unspecified atom stereocenters. The molecule has 8 heteroatoms. The van der Waals surface area contributed by atoms with Crippen LogP contribution < -0.4 is 0 Å². The number of aromatic nitrogens is 4. The lowest BCUT2D eigenvalue weighted by Gasteiger charge is -2.15. The third kappa shape index (κ3) is 4.94. The zero-order chi connectivity index (χ0) is 21.8. The molecular formula is C23H29N5O2Si. The van der Waals surface area contributed by atoms with Gasteiger partial charge in [-0.2, -0.15) is 5.26 Å². The van der Waals surface area contributed by atoms with E-state index in [1.165, 1.54) is 12.8 Å². The minimum atomic E-state index is -1.11. The lowest BCUT2D eigenvalue weighted by atomic mass is 9.97. The molecule has 4 rings (SSSR count). The lowest BCUT2D eigenvalue weighted by molar-refractivity contribution is 0.0899. The number of ether oxygens (including phenoxy) is 1. The number of hydrogen-bond donors (Lipinski definition) is 0. The molecule has 0 spiro atoms. The van der Waals surface area contributed by atoms with Crippen molar-refractivity contribution in [2.24, 2.45) is 5.92 Å². The van der Waals surface area contributed by atoms with Crippen LogP contribution in [0.3, 0.4) is 0 Å². The van der Waals surface area contributed by atoms with Gasteiger partial charge in [0.25, 0.3) is 0 Å². The summed E-state index contributed by atoms with van der Waals surface area (Å²) >= 11 is 0. The van der Waals surface area contributed by atoms with Crippen LogP contribution in [0.2, 0.25) is 25.7 Å². The molecule has 0 saturated heterocycles. The highest BCUT2D eigenvalue weighted by Gasteiger charge is 2.25.